The number of unbranched alkanes of at least 4 members (excludes halogenated alkanes) is 1. The number of ether oxygens (including phenoxy) is 1. The van der Waals surface area contributed by atoms with Crippen molar-refractivity contribution < 1.29 is 13.9 Å². The summed E-state index contributed by atoms with van der Waals surface area (Å²) in [4.78, 5) is 16.2. The Morgan fingerprint density at radius 3 is 2.50 bits per heavy atom. The minimum Gasteiger partial charge on any atom is -0.486 e. The molecule has 2 aromatic rings. The number of para-hydroxylation sites is 1. The number of amides is 1. The standard InChI is InChI=1S/C23H31FN4O2/c1-4-5-14-26-22(29)19-12-10-18(11-13-19)16-28-23(25-3)27-15-17(2)30-21-9-7-6-8-20(21)24/h6-13,17H,4-5,14-16H2,1-3H3,(H,26,29)(H2,25,27,28). The Hall–Kier alpha value is -3.09. The van der Waals surface area contributed by atoms with Crippen LogP contribution in [0, 0.1) is 5.82 Å². The molecule has 2 aromatic carbocycles. The van der Waals surface area contributed by atoms with E-state index in [9.17, 15) is 9.18 Å². The molecule has 0 spiro atoms. The third kappa shape index (κ3) is 7.73. The molecule has 0 aliphatic carbocycles. The minimum atomic E-state index is -0.380. The molecule has 0 aromatic heterocycles. The summed E-state index contributed by atoms with van der Waals surface area (Å²) in [6.07, 6.45) is 1.78. The fourth-order valence-corrected chi connectivity index (χ4v) is 2.70. The van der Waals surface area contributed by atoms with Gasteiger partial charge in [-0.25, -0.2) is 4.39 Å². The summed E-state index contributed by atoms with van der Waals surface area (Å²) in [7, 11) is 1.68. The van der Waals surface area contributed by atoms with Crippen molar-refractivity contribution in [2.24, 2.45) is 4.99 Å². The van der Waals surface area contributed by atoms with Gasteiger partial charge in [0.05, 0.1) is 6.54 Å². The second kappa shape index (κ2) is 12.5. The van der Waals surface area contributed by atoms with Gasteiger partial charge in [-0.3, -0.25) is 9.79 Å². The number of halogens is 1. The van der Waals surface area contributed by atoms with Crippen molar-refractivity contribution in [1.29, 1.82) is 0 Å². The van der Waals surface area contributed by atoms with Crippen LogP contribution in [0.1, 0.15) is 42.6 Å². The maximum Gasteiger partial charge on any atom is 0.251 e. The van der Waals surface area contributed by atoms with Gasteiger partial charge < -0.3 is 20.7 Å². The van der Waals surface area contributed by atoms with Gasteiger partial charge in [-0.1, -0.05) is 37.6 Å². The molecule has 7 heteroatoms. The van der Waals surface area contributed by atoms with E-state index in [-0.39, 0.29) is 23.6 Å². The highest BCUT2D eigenvalue weighted by Crippen LogP contribution is 2.16. The molecule has 0 aliphatic heterocycles. The van der Waals surface area contributed by atoms with Crippen molar-refractivity contribution in [3.8, 4) is 5.75 Å². The van der Waals surface area contributed by atoms with Crippen LogP contribution in [0.2, 0.25) is 0 Å². The van der Waals surface area contributed by atoms with Crippen molar-refractivity contribution in [3.05, 3.63) is 65.5 Å². The van der Waals surface area contributed by atoms with Crippen molar-refractivity contribution >= 4 is 11.9 Å². The van der Waals surface area contributed by atoms with E-state index in [1.807, 2.05) is 31.2 Å². The topological polar surface area (TPSA) is 74.8 Å². The van der Waals surface area contributed by atoms with Gasteiger partial charge in [0.2, 0.25) is 0 Å². The Morgan fingerprint density at radius 2 is 1.83 bits per heavy atom. The van der Waals surface area contributed by atoms with Gasteiger partial charge in [-0.05, 0) is 43.2 Å². The highest BCUT2D eigenvalue weighted by molar-refractivity contribution is 5.94. The molecule has 1 amide bonds. The monoisotopic (exact) mass is 414 g/mol. The maximum absolute atomic E-state index is 13.7. The molecule has 1 atom stereocenters. The first-order chi connectivity index (χ1) is 14.5. The summed E-state index contributed by atoms with van der Waals surface area (Å²) in [6.45, 7) is 5.66. The summed E-state index contributed by atoms with van der Waals surface area (Å²) >= 11 is 0. The molecule has 2 rings (SSSR count). The number of hydrogen-bond acceptors (Lipinski definition) is 3. The predicted molar refractivity (Wildman–Crippen MR) is 118 cm³/mol. The normalized spacial score (nSPS) is 12.2. The fraction of sp³-hybridized carbons (Fsp3) is 0.391. The number of hydrogen-bond donors (Lipinski definition) is 3. The number of nitrogens with one attached hydrogen (secondary N) is 3. The van der Waals surface area contributed by atoms with Gasteiger partial charge >= 0.3 is 0 Å². The second-order valence-corrected chi connectivity index (χ2v) is 6.97. The molecule has 0 saturated carbocycles. The van der Waals surface area contributed by atoms with Crippen LogP contribution in [-0.4, -0.2) is 38.1 Å². The lowest BCUT2D eigenvalue weighted by Gasteiger charge is -2.18. The van der Waals surface area contributed by atoms with Gasteiger partial charge in [0.25, 0.3) is 5.91 Å². The van der Waals surface area contributed by atoms with Crippen molar-refractivity contribution in [2.75, 3.05) is 20.1 Å². The molecule has 0 radical (unpaired) electrons. The lowest BCUT2D eigenvalue weighted by molar-refractivity contribution is 0.0953. The molecule has 0 aliphatic rings. The number of rotatable bonds is 10. The largest absolute Gasteiger partial charge is 0.486 e. The molecule has 6 nitrogen and oxygen atoms in total. The molecule has 0 heterocycles. The Labute approximate surface area is 177 Å². The second-order valence-electron chi connectivity index (χ2n) is 6.97. The van der Waals surface area contributed by atoms with Crippen molar-refractivity contribution in [3.63, 3.8) is 0 Å². The number of benzene rings is 2. The van der Waals surface area contributed by atoms with Crippen LogP contribution in [0.4, 0.5) is 4.39 Å². The number of carbonyl (C=O) groups excluding carboxylic acids is 1. The fourth-order valence-electron chi connectivity index (χ4n) is 2.70. The van der Waals surface area contributed by atoms with Gasteiger partial charge in [0, 0.05) is 25.7 Å². The number of nitrogens with zero attached hydrogens (tertiary/aromatic N) is 1. The van der Waals surface area contributed by atoms with E-state index in [0.717, 1.165) is 18.4 Å². The molecule has 30 heavy (non-hydrogen) atoms. The summed E-state index contributed by atoms with van der Waals surface area (Å²) < 4.78 is 19.3. The Kier molecular flexibility index (Phi) is 9.64. The zero-order valence-electron chi connectivity index (χ0n) is 17.9. The quantitative estimate of drug-likeness (QED) is 0.316. The van der Waals surface area contributed by atoms with E-state index >= 15 is 0 Å². The Bertz CT molecular complexity index is 824. The zero-order chi connectivity index (χ0) is 21.8. The molecular formula is C23H31FN4O2. The van der Waals surface area contributed by atoms with Crippen LogP contribution in [0.3, 0.4) is 0 Å². The van der Waals surface area contributed by atoms with Gasteiger partial charge in [0.15, 0.2) is 17.5 Å². The minimum absolute atomic E-state index is 0.0516. The smallest absolute Gasteiger partial charge is 0.251 e. The Balaban J connectivity index is 1.77. The Morgan fingerprint density at radius 1 is 1.10 bits per heavy atom. The van der Waals surface area contributed by atoms with E-state index in [2.05, 4.69) is 27.9 Å². The molecule has 162 valence electrons. The van der Waals surface area contributed by atoms with Crippen LogP contribution in [-0.2, 0) is 6.54 Å². The van der Waals surface area contributed by atoms with E-state index < -0.39 is 0 Å². The first-order valence-corrected chi connectivity index (χ1v) is 10.3. The van der Waals surface area contributed by atoms with Gasteiger partial charge in [-0.2, -0.15) is 0 Å². The van der Waals surface area contributed by atoms with Crippen LogP contribution in [0.15, 0.2) is 53.5 Å². The van der Waals surface area contributed by atoms with Crippen molar-refractivity contribution in [2.45, 2.75) is 39.3 Å². The van der Waals surface area contributed by atoms with E-state index in [0.29, 0.717) is 31.2 Å². The zero-order valence-corrected chi connectivity index (χ0v) is 17.9. The number of carbonyl (C=O) groups is 1. The lowest BCUT2D eigenvalue weighted by Crippen LogP contribution is -2.41. The van der Waals surface area contributed by atoms with Crippen molar-refractivity contribution in [1.82, 2.24) is 16.0 Å². The highest BCUT2D eigenvalue weighted by atomic mass is 19.1. The lowest BCUT2D eigenvalue weighted by atomic mass is 10.1. The van der Waals surface area contributed by atoms with Crippen LogP contribution in [0.5, 0.6) is 5.75 Å². The summed E-state index contributed by atoms with van der Waals surface area (Å²) in [6, 6.07) is 13.8. The van der Waals surface area contributed by atoms with Gasteiger partial charge in [0.1, 0.15) is 6.10 Å². The number of guanidine groups is 1. The van der Waals surface area contributed by atoms with Gasteiger partial charge in [-0.15, -0.1) is 0 Å². The van der Waals surface area contributed by atoms with E-state index in [1.165, 1.54) is 6.07 Å². The summed E-state index contributed by atoms with van der Waals surface area (Å²) in [5, 5.41) is 9.29. The molecule has 1 unspecified atom stereocenters. The van der Waals surface area contributed by atoms with E-state index in [1.54, 1.807) is 25.2 Å². The van der Waals surface area contributed by atoms with Crippen LogP contribution < -0.4 is 20.7 Å². The molecule has 0 saturated heterocycles. The molecule has 0 fully saturated rings. The SMILES string of the molecule is CCCCNC(=O)c1ccc(CNC(=NC)NCC(C)Oc2ccccc2F)cc1. The first kappa shape index (κ1) is 23.2. The molecular weight excluding hydrogens is 383 g/mol. The molecule has 3 N–H and O–H groups in total. The maximum atomic E-state index is 13.7. The van der Waals surface area contributed by atoms with E-state index in [4.69, 9.17) is 4.74 Å². The molecule has 0 bridgehead atoms. The van der Waals surface area contributed by atoms with Crippen LogP contribution in [0.25, 0.3) is 0 Å². The van der Waals surface area contributed by atoms with Crippen LogP contribution >= 0.6 is 0 Å². The highest BCUT2D eigenvalue weighted by Gasteiger charge is 2.09. The third-order valence-electron chi connectivity index (χ3n) is 4.44. The average Bonchev–Trinajstić information content (AvgIpc) is 2.76. The number of aliphatic imine (C=N–C) groups is 1. The predicted octanol–water partition coefficient (Wildman–Crippen LogP) is 3.49. The third-order valence-corrected chi connectivity index (χ3v) is 4.44. The average molecular weight is 415 g/mol. The summed E-state index contributed by atoms with van der Waals surface area (Å²) in [5.41, 5.74) is 1.68. The summed E-state index contributed by atoms with van der Waals surface area (Å²) in [5.74, 6) is 0.410. The first-order valence-electron chi connectivity index (χ1n) is 10.3.